The first-order chi connectivity index (χ1) is 10.2. The first kappa shape index (κ1) is 16.5. The van der Waals surface area contributed by atoms with E-state index in [2.05, 4.69) is 4.98 Å². The Morgan fingerprint density at radius 1 is 1.00 bits per heavy atom. The average Bonchev–Trinajstić information content (AvgIpc) is 2.42. The summed E-state index contributed by atoms with van der Waals surface area (Å²) in [6.45, 7) is 0.848. The molecule has 0 unspecified atom stereocenters. The van der Waals surface area contributed by atoms with Crippen molar-refractivity contribution in [2.75, 3.05) is 5.32 Å². The number of nitrogens with zero attached hydrogens (tertiary/aromatic N) is 1. The van der Waals surface area contributed by atoms with Crippen molar-refractivity contribution in [1.29, 1.82) is 0 Å². The molecule has 116 valence electrons. The average molecular weight is 353 g/mol. The molecule has 1 amide bonds. The highest BCUT2D eigenvalue weighted by atomic mass is 35.5. The number of aromatic nitrogens is 1. The molecule has 0 saturated heterocycles. The van der Waals surface area contributed by atoms with Crippen LogP contribution in [0, 0.1) is 30.2 Å². The molecule has 1 N–H and O–H groups in total. The zero-order valence-corrected chi connectivity index (χ0v) is 12.3. The van der Waals surface area contributed by atoms with Gasteiger partial charge in [-0.25, -0.2) is 22.5 Å². The van der Waals surface area contributed by atoms with Gasteiger partial charge in [0.2, 0.25) is 0 Å². The number of halogens is 6. The van der Waals surface area contributed by atoms with Gasteiger partial charge in [-0.15, -0.1) is 0 Å². The van der Waals surface area contributed by atoms with Crippen LogP contribution in [0.3, 0.4) is 0 Å². The van der Waals surface area contributed by atoms with Crippen molar-refractivity contribution in [1.82, 2.24) is 4.98 Å². The third-order valence-electron chi connectivity index (χ3n) is 2.73. The molecule has 0 radical (unpaired) electrons. The maximum atomic E-state index is 13.7. The van der Waals surface area contributed by atoms with Gasteiger partial charge in [0.15, 0.2) is 23.3 Å². The molecule has 3 nitrogen and oxygen atoms in total. The summed E-state index contributed by atoms with van der Waals surface area (Å²) in [4.78, 5) is 15.5. The van der Waals surface area contributed by atoms with Crippen LogP contribution in [0.25, 0.3) is 0 Å². The van der Waals surface area contributed by atoms with E-state index in [1.807, 2.05) is 5.32 Å². The SMILES string of the molecule is Cc1c(F)c(F)c(C(=O)Nc2cc(Cl)nc(Cl)c2)c(F)c1F. The fourth-order valence-electron chi connectivity index (χ4n) is 1.67. The highest BCUT2D eigenvalue weighted by Crippen LogP contribution is 2.25. The highest BCUT2D eigenvalue weighted by molar-refractivity contribution is 6.33. The molecule has 9 heteroatoms. The fraction of sp³-hybridized carbons (Fsp3) is 0.0769. The maximum absolute atomic E-state index is 13.7. The zero-order valence-electron chi connectivity index (χ0n) is 10.8. The molecule has 0 spiro atoms. The highest BCUT2D eigenvalue weighted by Gasteiger charge is 2.27. The van der Waals surface area contributed by atoms with Crippen LogP contribution in [0.15, 0.2) is 12.1 Å². The van der Waals surface area contributed by atoms with Crippen LogP contribution >= 0.6 is 23.2 Å². The Hall–Kier alpha value is -1.86. The zero-order chi connectivity index (χ0) is 16.6. The van der Waals surface area contributed by atoms with Gasteiger partial charge in [-0.3, -0.25) is 4.79 Å². The lowest BCUT2D eigenvalue weighted by Crippen LogP contribution is -2.19. The molecular formula is C13H6Cl2F4N2O. The summed E-state index contributed by atoms with van der Waals surface area (Å²) in [5.74, 6) is -8.27. The van der Waals surface area contributed by atoms with Crippen molar-refractivity contribution in [3.63, 3.8) is 0 Å². The predicted octanol–water partition coefficient (Wildman–Crippen LogP) is 4.51. The minimum atomic E-state index is -1.79. The lowest BCUT2D eigenvalue weighted by molar-refractivity contribution is 0.101. The molecule has 0 fully saturated rings. The van der Waals surface area contributed by atoms with Gasteiger partial charge in [-0.2, -0.15) is 0 Å². The van der Waals surface area contributed by atoms with E-state index < -0.39 is 40.3 Å². The lowest BCUT2D eigenvalue weighted by atomic mass is 10.1. The predicted molar refractivity (Wildman–Crippen MR) is 73.2 cm³/mol. The number of hydrogen-bond donors (Lipinski definition) is 1. The van der Waals surface area contributed by atoms with E-state index in [9.17, 15) is 22.4 Å². The second kappa shape index (κ2) is 6.10. The standard InChI is InChI=1S/C13H6Cl2F4N2O/c1-4-9(16)11(18)8(12(19)10(4)17)13(22)20-5-2-6(14)21-7(15)3-5/h2-3H,1H3,(H,20,21,22). The molecule has 0 bridgehead atoms. The van der Waals surface area contributed by atoms with Crippen molar-refractivity contribution in [3.05, 3.63) is 56.8 Å². The topological polar surface area (TPSA) is 42.0 Å². The van der Waals surface area contributed by atoms with Crippen molar-refractivity contribution in [2.45, 2.75) is 6.92 Å². The smallest absolute Gasteiger partial charge is 0.261 e. The molecule has 0 saturated carbocycles. The first-order valence-electron chi connectivity index (χ1n) is 5.69. The van der Waals surface area contributed by atoms with Gasteiger partial charge < -0.3 is 5.32 Å². The lowest BCUT2D eigenvalue weighted by Gasteiger charge is -2.10. The van der Waals surface area contributed by atoms with E-state index in [0.717, 1.165) is 19.1 Å². The molecule has 0 atom stereocenters. The molecule has 2 aromatic rings. The van der Waals surface area contributed by atoms with Crippen molar-refractivity contribution in [2.24, 2.45) is 0 Å². The Morgan fingerprint density at radius 3 is 1.91 bits per heavy atom. The summed E-state index contributed by atoms with van der Waals surface area (Å²) in [6, 6.07) is 2.28. The Balaban J connectivity index is 2.46. The number of benzene rings is 1. The monoisotopic (exact) mass is 352 g/mol. The van der Waals surface area contributed by atoms with E-state index in [1.165, 1.54) is 0 Å². The molecule has 0 aliphatic heterocycles. The van der Waals surface area contributed by atoms with Gasteiger partial charge in [0.25, 0.3) is 5.91 Å². The minimum absolute atomic E-state index is 0.0461. The van der Waals surface area contributed by atoms with Gasteiger partial charge in [-0.05, 0) is 19.1 Å². The fourth-order valence-corrected chi connectivity index (χ4v) is 2.13. The number of amides is 1. The number of anilines is 1. The maximum Gasteiger partial charge on any atom is 0.261 e. The van der Waals surface area contributed by atoms with Crippen LogP contribution in [-0.4, -0.2) is 10.9 Å². The molecule has 1 heterocycles. The van der Waals surface area contributed by atoms with Gasteiger partial charge in [0, 0.05) is 11.3 Å². The molecule has 0 aliphatic rings. The van der Waals surface area contributed by atoms with Gasteiger partial charge >= 0.3 is 0 Å². The molecule has 22 heavy (non-hydrogen) atoms. The van der Waals surface area contributed by atoms with E-state index >= 15 is 0 Å². The number of carbonyl (C=O) groups excluding carboxylic acids is 1. The second-order valence-corrected chi connectivity index (χ2v) is 4.99. The van der Waals surface area contributed by atoms with Crippen LogP contribution in [0.2, 0.25) is 10.3 Å². The summed E-state index contributed by atoms with van der Waals surface area (Å²) < 4.78 is 54.3. The molecule has 0 aliphatic carbocycles. The number of nitrogens with one attached hydrogen (secondary N) is 1. The quantitative estimate of drug-likeness (QED) is 0.491. The summed E-state index contributed by atoms with van der Waals surface area (Å²) in [5.41, 5.74) is -2.29. The van der Waals surface area contributed by atoms with Crippen LogP contribution < -0.4 is 5.32 Å². The van der Waals surface area contributed by atoms with Gasteiger partial charge in [0.05, 0.1) is 0 Å². The first-order valence-corrected chi connectivity index (χ1v) is 6.45. The number of pyridine rings is 1. The van der Waals surface area contributed by atoms with E-state index in [0.29, 0.717) is 0 Å². The molecule has 1 aromatic carbocycles. The Morgan fingerprint density at radius 2 is 1.45 bits per heavy atom. The number of rotatable bonds is 2. The Labute approximate surface area is 131 Å². The second-order valence-electron chi connectivity index (χ2n) is 4.21. The largest absolute Gasteiger partial charge is 0.322 e. The third kappa shape index (κ3) is 3.00. The minimum Gasteiger partial charge on any atom is -0.322 e. The van der Waals surface area contributed by atoms with E-state index in [4.69, 9.17) is 23.2 Å². The summed E-state index contributed by atoms with van der Waals surface area (Å²) >= 11 is 11.2. The van der Waals surface area contributed by atoms with E-state index in [1.54, 1.807) is 0 Å². The summed E-state index contributed by atoms with van der Waals surface area (Å²) in [5, 5.41) is 1.85. The summed E-state index contributed by atoms with van der Waals surface area (Å²) in [6.07, 6.45) is 0. The number of hydrogen-bond acceptors (Lipinski definition) is 2. The molecular weight excluding hydrogens is 347 g/mol. The van der Waals surface area contributed by atoms with Gasteiger partial charge in [0.1, 0.15) is 15.9 Å². The van der Waals surface area contributed by atoms with Crippen LogP contribution in [0.1, 0.15) is 15.9 Å². The van der Waals surface area contributed by atoms with Crippen LogP contribution in [0.5, 0.6) is 0 Å². The van der Waals surface area contributed by atoms with Crippen molar-refractivity contribution in [3.8, 4) is 0 Å². The third-order valence-corrected chi connectivity index (χ3v) is 3.12. The van der Waals surface area contributed by atoms with Gasteiger partial charge in [-0.1, -0.05) is 23.2 Å². The Bertz CT molecular complexity index is 734. The molecule has 2 rings (SSSR count). The van der Waals surface area contributed by atoms with Crippen LogP contribution in [-0.2, 0) is 0 Å². The normalized spacial score (nSPS) is 10.7. The molecule has 1 aromatic heterocycles. The summed E-state index contributed by atoms with van der Waals surface area (Å²) in [7, 11) is 0. The van der Waals surface area contributed by atoms with Crippen LogP contribution in [0.4, 0.5) is 23.2 Å². The Kier molecular flexibility index (Phi) is 4.58. The van der Waals surface area contributed by atoms with E-state index in [-0.39, 0.29) is 16.0 Å². The number of carbonyl (C=O) groups is 1. The van der Waals surface area contributed by atoms with Crippen molar-refractivity contribution >= 4 is 34.8 Å². The van der Waals surface area contributed by atoms with Crippen molar-refractivity contribution < 1.29 is 22.4 Å².